The second kappa shape index (κ2) is 4.41. The van der Waals surface area contributed by atoms with Gasteiger partial charge in [0.2, 0.25) is 0 Å². The van der Waals surface area contributed by atoms with E-state index in [2.05, 4.69) is 9.47 Å². The number of benzene rings is 1. The van der Waals surface area contributed by atoms with Crippen LogP contribution >= 0.6 is 0 Å². The fourth-order valence-corrected chi connectivity index (χ4v) is 1.66. The third-order valence-electron chi connectivity index (χ3n) is 2.68. The van der Waals surface area contributed by atoms with Crippen molar-refractivity contribution in [3.63, 3.8) is 0 Å². The Balaban J connectivity index is 2.38. The van der Waals surface area contributed by atoms with Gasteiger partial charge in [-0.3, -0.25) is 9.53 Å². The van der Waals surface area contributed by atoms with Crippen molar-refractivity contribution in [2.75, 3.05) is 7.11 Å². The van der Waals surface area contributed by atoms with Crippen molar-refractivity contribution < 1.29 is 23.0 Å². The number of ether oxygens (including phenoxy) is 2. The van der Waals surface area contributed by atoms with E-state index in [1.807, 2.05) is 0 Å². The molecular weight excluding hydrogens is 230 g/mol. The molecule has 5 heteroatoms. The smallest absolute Gasteiger partial charge is 0.408 e. The van der Waals surface area contributed by atoms with E-state index in [0.29, 0.717) is 11.8 Å². The number of methoxy groups -OCH3 is 1. The Bertz CT molecular complexity index is 428. The fourth-order valence-electron chi connectivity index (χ4n) is 1.66. The highest BCUT2D eigenvalue weighted by Gasteiger charge is 2.36. The lowest BCUT2D eigenvalue weighted by atomic mass is 10.1. The molecule has 0 aromatic heterocycles. The van der Waals surface area contributed by atoms with Gasteiger partial charge < -0.3 is 4.74 Å². The molecule has 0 amide bonds. The zero-order chi connectivity index (χ0) is 12.5. The molecule has 0 N–H and O–H groups in total. The van der Waals surface area contributed by atoms with E-state index in [1.165, 1.54) is 6.07 Å². The maximum absolute atomic E-state index is 13.1. The molecule has 2 rings (SSSR count). The van der Waals surface area contributed by atoms with Crippen LogP contribution in [0.2, 0.25) is 0 Å². The minimum atomic E-state index is -3.72. The van der Waals surface area contributed by atoms with Gasteiger partial charge in [-0.05, 0) is 30.4 Å². The lowest BCUT2D eigenvalue weighted by Gasteiger charge is -2.18. The van der Waals surface area contributed by atoms with Crippen molar-refractivity contribution in [2.24, 2.45) is 0 Å². The fraction of sp³-hybridized carbons (Fsp3) is 0.417. The number of rotatable bonds is 5. The minimum Gasteiger partial charge on any atom is -0.408 e. The second-order valence-electron chi connectivity index (χ2n) is 3.93. The van der Waals surface area contributed by atoms with Crippen molar-refractivity contribution in [1.29, 1.82) is 0 Å². The first-order valence-electron chi connectivity index (χ1n) is 5.27. The second-order valence-corrected chi connectivity index (χ2v) is 3.93. The van der Waals surface area contributed by atoms with Gasteiger partial charge in [-0.25, -0.2) is 0 Å². The van der Waals surface area contributed by atoms with Gasteiger partial charge in [-0.1, -0.05) is 12.1 Å². The standard InChI is InChI=1S/C12H12F2O3/c1-16-12(13,14)17-11-9(7-15)3-2-4-10(11)8-5-6-8/h2-4,7-8H,5-6H2,1H3. The van der Waals surface area contributed by atoms with E-state index in [1.54, 1.807) is 12.1 Å². The van der Waals surface area contributed by atoms with Crippen LogP contribution in [0.5, 0.6) is 5.75 Å². The molecule has 0 heterocycles. The maximum atomic E-state index is 13.1. The summed E-state index contributed by atoms with van der Waals surface area (Å²) >= 11 is 0. The number of hydrogen-bond acceptors (Lipinski definition) is 3. The molecule has 3 nitrogen and oxygen atoms in total. The van der Waals surface area contributed by atoms with Crippen LogP contribution in [0.4, 0.5) is 8.78 Å². The summed E-state index contributed by atoms with van der Waals surface area (Å²) in [6.45, 7) is 0. The van der Waals surface area contributed by atoms with Crippen LogP contribution < -0.4 is 4.74 Å². The molecule has 1 aromatic rings. The molecule has 0 bridgehead atoms. The van der Waals surface area contributed by atoms with Crippen LogP contribution in [0.15, 0.2) is 18.2 Å². The Morgan fingerprint density at radius 3 is 2.65 bits per heavy atom. The van der Waals surface area contributed by atoms with Crippen molar-refractivity contribution >= 4 is 6.29 Å². The molecule has 0 spiro atoms. The quantitative estimate of drug-likeness (QED) is 0.588. The predicted molar refractivity (Wildman–Crippen MR) is 56.4 cm³/mol. The predicted octanol–water partition coefficient (Wildman–Crippen LogP) is 2.95. The molecule has 17 heavy (non-hydrogen) atoms. The molecule has 0 saturated heterocycles. The molecule has 92 valence electrons. The molecule has 1 aliphatic rings. The third-order valence-corrected chi connectivity index (χ3v) is 2.68. The molecule has 0 unspecified atom stereocenters. The number of aldehydes is 1. The Labute approximate surface area is 97.3 Å². The van der Waals surface area contributed by atoms with Gasteiger partial charge in [0.15, 0.2) is 6.29 Å². The number of halogens is 2. The van der Waals surface area contributed by atoms with Gasteiger partial charge in [0.1, 0.15) is 5.75 Å². The van der Waals surface area contributed by atoms with Crippen molar-refractivity contribution in [3.8, 4) is 5.75 Å². The molecule has 0 aliphatic heterocycles. The number of para-hydroxylation sites is 1. The molecule has 1 fully saturated rings. The van der Waals surface area contributed by atoms with Crippen LogP contribution in [0.3, 0.4) is 0 Å². The molecule has 1 aromatic carbocycles. The first-order chi connectivity index (χ1) is 8.07. The highest BCUT2D eigenvalue weighted by molar-refractivity contribution is 5.80. The Hall–Kier alpha value is -1.49. The molecule has 1 saturated carbocycles. The summed E-state index contributed by atoms with van der Waals surface area (Å²) in [6.07, 6.45) is -1.36. The molecule has 0 atom stereocenters. The topological polar surface area (TPSA) is 35.5 Å². The zero-order valence-electron chi connectivity index (χ0n) is 9.28. The van der Waals surface area contributed by atoms with Crippen LogP contribution in [0, 0.1) is 0 Å². The van der Waals surface area contributed by atoms with E-state index in [9.17, 15) is 13.6 Å². The third kappa shape index (κ3) is 2.61. The first-order valence-corrected chi connectivity index (χ1v) is 5.27. The molecule has 0 radical (unpaired) electrons. The lowest BCUT2D eigenvalue weighted by molar-refractivity contribution is -0.342. The summed E-state index contributed by atoms with van der Waals surface area (Å²) in [5.41, 5.74) is 0.762. The summed E-state index contributed by atoms with van der Waals surface area (Å²) in [6, 6.07) is 4.81. The average molecular weight is 242 g/mol. The monoisotopic (exact) mass is 242 g/mol. The number of alkyl halides is 2. The zero-order valence-corrected chi connectivity index (χ0v) is 9.28. The van der Waals surface area contributed by atoms with Crippen molar-refractivity contribution in [1.82, 2.24) is 0 Å². The van der Waals surface area contributed by atoms with E-state index >= 15 is 0 Å². The van der Waals surface area contributed by atoms with Gasteiger partial charge in [-0.2, -0.15) is 0 Å². The Morgan fingerprint density at radius 1 is 1.41 bits per heavy atom. The van der Waals surface area contributed by atoms with Gasteiger partial charge in [0, 0.05) is 7.11 Å². The highest BCUT2D eigenvalue weighted by atomic mass is 19.3. The van der Waals surface area contributed by atoms with Gasteiger partial charge in [0.25, 0.3) is 0 Å². The van der Waals surface area contributed by atoms with Crippen molar-refractivity contribution in [3.05, 3.63) is 29.3 Å². The largest absolute Gasteiger partial charge is 0.535 e. The normalized spacial score (nSPS) is 15.7. The first kappa shape index (κ1) is 12.0. The van der Waals surface area contributed by atoms with Gasteiger partial charge in [0.05, 0.1) is 5.56 Å². The summed E-state index contributed by atoms with van der Waals surface area (Å²) in [4.78, 5) is 10.8. The maximum Gasteiger partial charge on any atom is 0.535 e. The van der Waals surface area contributed by atoms with E-state index in [-0.39, 0.29) is 17.2 Å². The Kier molecular flexibility index (Phi) is 3.11. The highest BCUT2D eigenvalue weighted by Crippen LogP contribution is 2.46. The van der Waals surface area contributed by atoms with E-state index < -0.39 is 6.29 Å². The lowest BCUT2D eigenvalue weighted by Crippen LogP contribution is -2.27. The van der Waals surface area contributed by atoms with E-state index in [0.717, 1.165) is 20.0 Å². The number of carbonyl (C=O) groups excluding carboxylic acids is 1. The SMILES string of the molecule is COC(F)(F)Oc1c(C=O)cccc1C1CC1. The minimum absolute atomic E-state index is 0.0724. The van der Waals surface area contributed by atoms with Gasteiger partial charge in [-0.15, -0.1) is 8.78 Å². The summed E-state index contributed by atoms with van der Waals surface area (Å²) in [5, 5.41) is 0. The summed E-state index contributed by atoms with van der Waals surface area (Å²) < 4.78 is 34.6. The van der Waals surface area contributed by atoms with Crippen LogP contribution in [0.1, 0.15) is 34.7 Å². The van der Waals surface area contributed by atoms with Crippen molar-refractivity contribution in [2.45, 2.75) is 25.1 Å². The Morgan fingerprint density at radius 2 is 2.12 bits per heavy atom. The van der Waals surface area contributed by atoms with Crippen LogP contribution in [-0.2, 0) is 4.74 Å². The van der Waals surface area contributed by atoms with Gasteiger partial charge >= 0.3 is 6.29 Å². The van der Waals surface area contributed by atoms with Crippen LogP contribution in [-0.4, -0.2) is 19.7 Å². The molecular formula is C12H12F2O3. The van der Waals surface area contributed by atoms with E-state index in [4.69, 9.17) is 0 Å². The average Bonchev–Trinajstić information content (AvgIpc) is 3.13. The summed E-state index contributed by atoms with van der Waals surface area (Å²) in [7, 11) is 0.848. The van der Waals surface area contributed by atoms with Crippen LogP contribution in [0.25, 0.3) is 0 Å². The number of carbonyl (C=O) groups is 1. The number of hydrogen-bond donors (Lipinski definition) is 0. The summed E-state index contributed by atoms with van der Waals surface area (Å²) in [5.74, 6) is 0.134. The molecule has 1 aliphatic carbocycles.